The molecule has 39 heavy (non-hydrogen) atoms. The van der Waals surface area contributed by atoms with Crippen molar-refractivity contribution in [2.75, 3.05) is 19.6 Å². The molecular formula is C29H33ClN4O5. The molecule has 5 rings (SSSR count). The van der Waals surface area contributed by atoms with Gasteiger partial charge in [-0.2, -0.15) is 0 Å². The highest BCUT2D eigenvalue weighted by atomic mass is 35.5. The van der Waals surface area contributed by atoms with E-state index in [1.54, 1.807) is 32.6 Å². The van der Waals surface area contributed by atoms with Crippen molar-refractivity contribution in [1.29, 1.82) is 0 Å². The summed E-state index contributed by atoms with van der Waals surface area (Å²) >= 11 is 6.46. The topological polar surface area (TPSA) is 94.0 Å². The van der Waals surface area contributed by atoms with Gasteiger partial charge in [0.05, 0.1) is 28.0 Å². The Morgan fingerprint density at radius 3 is 2.54 bits per heavy atom. The van der Waals surface area contributed by atoms with Gasteiger partial charge >= 0.3 is 12.2 Å². The molecule has 3 aromatic rings. The van der Waals surface area contributed by atoms with E-state index in [1.165, 1.54) is 0 Å². The van der Waals surface area contributed by atoms with E-state index in [2.05, 4.69) is 0 Å². The lowest BCUT2D eigenvalue weighted by atomic mass is 10.1. The van der Waals surface area contributed by atoms with Crippen molar-refractivity contribution >= 4 is 34.7 Å². The van der Waals surface area contributed by atoms with Gasteiger partial charge in [-0.3, -0.25) is 14.3 Å². The Morgan fingerprint density at radius 2 is 1.79 bits per heavy atom. The fraction of sp³-hybridized carbons (Fsp3) is 0.448. The first-order valence-electron chi connectivity index (χ1n) is 13.3. The van der Waals surface area contributed by atoms with Crippen molar-refractivity contribution in [2.45, 2.75) is 64.3 Å². The average Bonchev–Trinajstić information content (AvgIpc) is 3.57. The second-order valence-electron chi connectivity index (χ2n) is 11.0. The number of nitrogens with zero attached hydrogens (tertiary/aromatic N) is 4. The SMILES string of the molecule is CC(C)(C)OC(=O)N1CCC[C@H]1c1nc2cccc(Cl)c2c(=O)n1[C@H]1CCN(C(=O)OCc2ccccc2)C1. The molecule has 0 unspecified atom stereocenters. The highest BCUT2D eigenvalue weighted by molar-refractivity contribution is 6.35. The van der Waals surface area contributed by atoms with Gasteiger partial charge in [0.15, 0.2) is 0 Å². The first kappa shape index (κ1) is 27.0. The molecule has 0 N–H and O–H groups in total. The van der Waals surface area contributed by atoms with Crippen molar-refractivity contribution in [3.05, 3.63) is 75.3 Å². The van der Waals surface area contributed by atoms with E-state index in [9.17, 15) is 14.4 Å². The smallest absolute Gasteiger partial charge is 0.410 e. The van der Waals surface area contributed by atoms with E-state index in [0.717, 1.165) is 12.0 Å². The Labute approximate surface area is 232 Å². The third-order valence-corrected chi connectivity index (χ3v) is 7.39. The molecule has 9 nitrogen and oxygen atoms in total. The molecule has 2 saturated heterocycles. The van der Waals surface area contributed by atoms with Gasteiger partial charge in [-0.05, 0) is 57.7 Å². The molecule has 2 aromatic carbocycles. The van der Waals surface area contributed by atoms with Crippen LogP contribution < -0.4 is 5.56 Å². The second-order valence-corrected chi connectivity index (χ2v) is 11.4. The lowest BCUT2D eigenvalue weighted by molar-refractivity contribution is 0.0213. The number of ether oxygens (including phenoxy) is 2. The number of hydrogen-bond donors (Lipinski definition) is 0. The predicted octanol–water partition coefficient (Wildman–Crippen LogP) is 5.71. The van der Waals surface area contributed by atoms with Crippen LogP contribution in [0.25, 0.3) is 10.9 Å². The lowest BCUT2D eigenvalue weighted by Crippen LogP contribution is -2.40. The minimum absolute atomic E-state index is 0.173. The summed E-state index contributed by atoms with van der Waals surface area (Å²) in [5.41, 5.74) is 0.449. The Hall–Kier alpha value is -3.59. The van der Waals surface area contributed by atoms with Gasteiger partial charge in [0.25, 0.3) is 5.56 Å². The predicted molar refractivity (Wildman–Crippen MR) is 148 cm³/mol. The van der Waals surface area contributed by atoms with Gasteiger partial charge in [-0.25, -0.2) is 14.6 Å². The molecule has 2 aliphatic heterocycles. The van der Waals surface area contributed by atoms with Gasteiger partial charge in [-0.1, -0.05) is 48.0 Å². The molecule has 3 heterocycles. The minimum Gasteiger partial charge on any atom is -0.445 e. The Kier molecular flexibility index (Phi) is 7.53. The summed E-state index contributed by atoms with van der Waals surface area (Å²) in [4.78, 5) is 48.1. The van der Waals surface area contributed by atoms with Crippen LogP contribution in [-0.2, 0) is 16.1 Å². The van der Waals surface area contributed by atoms with Crippen LogP contribution in [-0.4, -0.2) is 56.8 Å². The Morgan fingerprint density at radius 1 is 1.03 bits per heavy atom. The Balaban J connectivity index is 1.46. The van der Waals surface area contributed by atoms with E-state index in [-0.39, 0.29) is 24.8 Å². The summed E-state index contributed by atoms with van der Waals surface area (Å²) < 4.78 is 12.8. The molecule has 0 bridgehead atoms. The van der Waals surface area contributed by atoms with Crippen molar-refractivity contribution < 1.29 is 19.1 Å². The molecule has 0 spiro atoms. The van der Waals surface area contributed by atoms with Gasteiger partial charge < -0.3 is 14.4 Å². The number of halogens is 1. The van der Waals surface area contributed by atoms with E-state index < -0.39 is 23.8 Å². The summed E-state index contributed by atoms with van der Waals surface area (Å²) in [7, 11) is 0. The molecule has 2 aliphatic rings. The molecule has 2 amide bonds. The zero-order valence-corrected chi connectivity index (χ0v) is 23.2. The molecule has 0 radical (unpaired) electrons. The normalized spacial score (nSPS) is 19.5. The second kappa shape index (κ2) is 10.9. The van der Waals surface area contributed by atoms with E-state index in [0.29, 0.717) is 47.7 Å². The maximum absolute atomic E-state index is 14.0. The quantitative estimate of drug-likeness (QED) is 0.412. The van der Waals surface area contributed by atoms with Crippen LogP contribution in [0, 0.1) is 0 Å². The fourth-order valence-electron chi connectivity index (χ4n) is 5.31. The number of carbonyl (C=O) groups is 2. The number of carbonyl (C=O) groups excluding carboxylic acids is 2. The molecule has 10 heteroatoms. The molecule has 0 aliphatic carbocycles. The molecule has 206 valence electrons. The maximum Gasteiger partial charge on any atom is 0.410 e. The zero-order valence-electron chi connectivity index (χ0n) is 22.4. The monoisotopic (exact) mass is 552 g/mol. The van der Waals surface area contributed by atoms with Crippen LogP contribution in [0.5, 0.6) is 0 Å². The molecule has 2 atom stereocenters. The number of aromatic nitrogens is 2. The number of benzene rings is 2. The van der Waals surface area contributed by atoms with E-state index >= 15 is 0 Å². The third kappa shape index (κ3) is 5.73. The van der Waals surface area contributed by atoms with Crippen LogP contribution >= 0.6 is 11.6 Å². The van der Waals surface area contributed by atoms with Crippen LogP contribution in [0.3, 0.4) is 0 Å². The lowest BCUT2D eigenvalue weighted by Gasteiger charge is -2.30. The fourth-order valence-corrected chi connectivity index (χ4v) is 5.56. The zero-order chi connectivity index (χ0) is 27.7. The average molecular weight is 553 g/mol. The van der Waals surface area contributed by atoms with Crippen LogP contribution in [0.15, 0.2) is 53.3 Å². The van der Waals surface area contributed by atoms with Crippen molar-refractivity contribution in [2.24, 2.45) is 0 Å². The van der Waals surface area contributed by atoms with Crippen molar-refractivity contribution in [3.8, 4) is 0 Å². The number of amides is 2. The summed E-state index contributed by atoms with van der Waals surface area (Å²) in [6, 6.07) is 13.9. The minimum atomic E-state index is -0.652. The van der Waals surface area contributed by atoms with Gasteiger partial charge in [0.1, 0.15) is 18.0 Å². The number of likely N-dealkylation sites (tertiary alicyclic amines) is 2. The summed E-state index contributed by atoms with van der Waals surface area (Å²) in [6.45, 7) is 6.88. The van der Waals surface area contributed by atoms with Crippen LogP contribution in [0.4, 0.5) is 9.59 Å². The molecule has 0 saturated carbocycles. The highest BCUT2D eigenvalue weighted by Crippen LogP contribution is 2.35. The number of fused-ring (bicyclic) bond motifs is 1. The van der Waals surface area contributed by atoms with Crippen molar-refractivity contribution in [1.82, 2.24) is 19.4 Å². The molecule has 2 fully saturated rings. The van der Waals surface area contributed by atoms with Crippen molar-refractivity contribution in [3.63, 3.8) is 0 Å². The molecular weight excluding hydrogens is 520 g/mol. The van der Waals surface area contributed by atoms with Gasteiger partial charge in [-0.15, -0.1) is 0 Å². The van der Waals surface area contributed by atoms with Crippen LogP contribution in [0.1, 0.15) is 63.5 Å². The Bertz CT molecular complexity index is 1440. The van der Waals surface area contributed by atoms with E-state index in [4.69, 9.17) is 26.1 Å². The highest BCUT2D eigenvalue weighted by Gasteiger charge is 2.39. The maximum atomic E-state index is 14.0. The largest absolute Gasteiger partial charge is 0.445 e. The third-order valence-electron chi connectivity index (χ3n) is 7.08. The summed E-state index contributed by atoms with van der Waals surface area (Å²) in [5, 5.41) is 0.646. The van der Waals surface area contributed by atoms with Gasteiger partial charge in [0, 0.05) is 19.6 Å². The first-order chi connectivity index (χ1) is 18.6. The first-order valence-corrected chi connectivity index (χ1v) is 13.7. The van der Waals surface area contributed by atoms with Crippen LogP contribution in [0.2, 0.25) is 5.02 Å². The number of hydrogen-bond acceptors (Lipinski definition) is 6. The summed E-state index contributed by atoms with van der Waals surface area (Å²) in [6.07, 6.45) is 1.08. The van der Waals surface area contributed by atoms with Gasteiger partial charge in [0.2, 0.25) is 0 Å². The summed E-state index contributed by atoms with van der Waals surface area (Å²) in [5.74, 6) is 0.489. The number of rotatable bonds is 4. The van der Waals surface area contributed by atoms with E-state index in [1.807, 2.05) is 51.1 Å². The standard InChI is InChI=1S/C29H33ClN4O5/c1-29(2,3)39-28(37)33-15-8-13-23(33)25-31-22-12-7-11-21(30)24(22)26(35)34(25)20-14-16-32(17-20)27(36)38-18-19-9-5-4-6-10-19/h4-7,9-12,20,23H,8,13-18H2,1-3H3/t20-,23-/m0/s1. The molecule has 1 aromatic heterocycles.